The highest BCUT2D eigenvalue weighted by Gasteiger charge is 2.20. The van der Waals surface area contributed by atoms with Crippen LogP contribution in [0.2, 0.25) is 0 Å². The summed E-state index contributed by atoms with van der Waals surface area (Å²) >= 11 is 0. The quantitative estimate of drug-likeness (QED) is 0.884. The van der Waals surface area contributed by atoms with Gasteiger partial charge in [-0.3, -0.25) is 4.79 Å². The topological polar surface area (TPSA) is 69.0 Å². The van der Waals surface area contributed by atoms with Crippen LogP contribution in [0.4, 0.5) is 0 Å². The maximum atomic E-state index is 12.2. The maximum Gasteiger partial charge on any atom is 0.258 e. The van der Waals surface area contributed by atoms with Gasteiger partial charge in [0, 0.05) is 6.04 Å². The van der Waals surface area contributed by atoms with Crippen molar-refractivity contribution >= 4 is 5.91 Å². The summed E-state index contributed by atoms with van der Waals surface area (Å²) in [6.45, 7) is 10.3. The van der Waals surface area contributed by atoms with Crippen LogP contribution in [-0.4, -0.2) is 33.3 Å². The Hall–Kier alpha value is -2.37. The lowest BCUT2D eigenvalue weighted by molar-refractivity contribution is -0.124. The van der Waals surface area contributed by atoms with Crippen molar-refractivity contribution in [2.75, 3.05) is 6.61 Å². The van der Waals surface area contributed by atoms with Gasteiger partial charge in [-0.25, -0.2) is 9.67 Å². The number of ether oxygens (including phenoxy) is 1. The molecule has 0 spiro atoms. The Morgan fingerprint density at radius 1 is 1.29 bits per heavy atom. The van der Waals surface area contributed by atoms with E-state index in [2.05, 4.69) is 36.2 Å². The molecule has 0 bridgehead atoms. The van der Waals surface area contributed by atoms with E-state index in [0.29, 0.717) is 0 Å². The van der Waals surface area contributed by atoms with Gasteiger partial charge >= 0.3 is 0 Å². The number of hydrogen-bond acceptors (Lipinski definition) is 4. The molecule has 1 aromatic heterocycles. The van der Waals surface area contributed by atoms with E-state index >= 15 is 0 Å². The van der Waals surface area contributed by atoms with Gasteiger partial charge in [0.15, 0.2) is 6.61 Å². The van der Waals surface area contributed by atoms with E-state index in [1.165, 1.54) is 6.33 Å². The Bertz CT molecular complexity index is 662. The predicted molar refractivity (Wildman–Crippen MR) is 93.0 cm³/mol. The summed E-state index contributed by atoms with van der Waals surface area (Å²) in [5, 5.41) is 7.04. The van der Waals surface area contributed by atoms with Crippen molar-refractivity contribution in [1.29, 1.82) is 0 Å². The molecule has 2 aromatic rings. The minimum atomic E-state index is -0.154. The number of carbonyl (C=O) groups is 1. The van der Waals surface area contributed by atoms with Gasteiger partial charge in [-0.05, 0) is 30.9 Å². The first-order chi connectivity index (χ1) is 11.3. The van der Waals surface area contributed by atoms with E-state index in [-0.39, 0.29) is 30.0 Å². The van der Waals surface area contributed by atoms with Gasteiger partial charge in [0.1, 0.15) is 18.4 Å². The van der Waals surface area contributed by atoms with Crippen molar-refractivity contribution in [3.05, 3.63) is 42.5 Å². The Labute approximate surface area is 143 Å². The fourth-order valence-corrected chi connectivity index (χ4v) is 2.43. The third-order valence-corrected chi connectivity index (χ3v) is 4.02. The van der Waals surface area contributed by atoms with Crippen LogP contribution in [-0.2, 0) is 10.2 Å². The second-order valence-corrected chi connectivity index (χ2v) is 7.01. The monoisotopic (exact) mass is 330 g/mol. The van der Waals surface area contributed by atoms with Crippen molar-refractivity contribution in [3.8, 4) is 5.75 Å². The fourth-order valence-electron chi connectivity index (χ4n) is 2.43. The zero-order valence-electron chi connectivity index (χ0n) is 15.0. The molecule has 0 saturated heterocycles. The highest BCUT2D eigenvalue weighted by Crippen LogP contribution is 2.30. The van der Waals surface area contributed by atoms with Gasteiger partial charge in [-0.2, -0.15) is 5.10 Å². The Kier molecular flexibility index (Phi) is 5.59. The lowest BCUT2D eigenvalue weighted by Gasteiger charge is -2.23. The number of aromatic nitrogens is 3. The molecule has 2 atom stereocenters. The van der Waals surface area contributed by atoms with Crippen molar-refractivity contribution in [2.45, 2.75) is 52.1 Å². The molecule has 1 heterocycles. The van der Waals surface area contributed by atoms with Crippen LogP contribution in [0.1, 0.15) is 46.2 Å². The van der Waals surface area contributed by atoms with Gasteiger partial charge in [-0.15, -0.1) is 0 Å². The molecule has 0 radical (unpaired) electrons. The molecule has 2 rings (SSSR count). The van der Waals surface area contributed by atoms with Gasteiger partial charge in [0.05, 0.1) is 6.04 Å². The SMILES string of the molecule is C[C@H](NC(=O)COc1ccccc1C(C)(C)C)[C@H](C)n1cncn1. The molecule has 0 aliphatic rings. The van der Waals surface area contributed by atoms with Crippen molar-refractivity contribution < 1.29 is 9.53 Å². The smallest absolute Gasteiger partial charge is 0.258 e. The number of amides is 1. The predicted octanol–water partition coefficient (Wildman–Crippen LogP) is 2.72. The van der Waals surface area contributed by atoms with E-state index in [9.17, 15) is 4.79 Å². The van der Waals surface area contributed by atoms with Crippen molar-refractivity contribution in [1.82, 2.24) is 20.1 Å². The molecule has 6 heteroatoms. The van der Waals surface area contributed by atoms with Gasteiger partial charge in [-0.1, -0.05) is 39.0 Å². The molecular formula is C18H26N4O2. The van der Waals surface area contributed by atoms with E-state index in [1.807, 2.05) is 38.1 Å². The largest absolute Gasteiger partial charge is 0.483 e. The first-order valence-electron chi connectivity index (χ1n) is 8.15. The summed E-state index contributed by atoms with van der Waals surface area (Å²) in [6, 6.07) is 7.75. The zero-order valence-corrected chi connectivity index (χ0v) is 15.0. The summed E-state index contributed by atoms with van der Waals surface area (Å²) < 4.78 is 7.47. The van der Waals surface area contributed by atoms with Crippen LogP contribution in [0.25, 0.3) is 0 Å². The molecule has 6 nitrogen and oxygen atoms in total. The summed E-state index contributed by atoms with van der Waals surface area (Å²) in [6.07, 6.45) is 3.13. The lowest BCUT2D eigenvalue weighted by Crippen LogP contribution is -2.40. The van der Waals surface area contributed by atoms with E-state index in [4.69, 9.17) is 4.74 Å². The van der Waals surface area contributed by atoms with E-state index in [1.54, 1.807) is 11.0 Å². The van der Waals surface area contributed by atoms with Crippen LogP contribution in [0.5, 0.6) is 5.75 Å². The fraction of sp³-hybridized carbons (Fsp3) is 0.500. The van der Waals surface area contributed by atoms with E-state index < -0.39 is 0 Å². The number of nitrogens with zero attached hydrogens (tertiary/aromatic N) is 3. The van der Waals surface area contributed by atoms with Crippen molar-refractivity contribution in [3.63, 3.8) is 0 Å². The summed E-state index contributed by atoms with van der Waals surface area (Å²) in [5.41, 5.74) is 1.05. The Balaban J connectivity index is 1.92. The average molecular weight is 330 g/mol. The third kappa shape index (κ3) is 4.57. The number of rotatable bonds is 6. The highest BCUT2D eigenvalue weighted by molar-refractivity contribution is 5.77. The molecule has 0 aliphatic heterocycles. The minimum Gasteiger partial charge on any atom is -0.483 e. The molecule has 1 N–H and O–H groups in total. The third-order valence-electron chi connectivity index (χ3n) is 4.02. The first kappa shape index (κ1) is 18.0. The number of benzene rings is 1. The molecular weight excluding hydrogens is 304 g/mol. The van der Waals surface area contributed by atoms with Gasteiger partial charge in [0.25, 0.3) is 5.91 Å². The lowest BCUT2D eigenvalue weighted by atomic mass is 9.86. The normalized spacial score (nSPS) is 14.0. The average Bonchev–Trinajstić information content (AvgIpc) is 3.06. The number of nitrogens with one attached hydrogen (secondary N) is 1. The first-order valence-corrected chi connectivity index (χ1v) is 8.15. The molecule has 1 aromatic carbocycles. The molecule has 130 valence electrons. The minimum absolute atomic E-state index is 0.0123. The molecule has 0 saturated carbocycles. The summed E-state index contributed by atoms with van der Waals surface area (Å²) in [5.74, 6) is 0.593. The van der Waals surface area contributed by atoms with Crippen LogP contribution < -0.4 is 10.1 Å². The molecule has 0 unspecified atom stereocenters. The van der Waals surface area contributed by atoms with Crippen LogP contribution in [0, 0.1) is 0 Å². The summed E-state index contributed by atoms with van der Waals surface area (Å²) in [4.78, 5) is 16.1. The molecule has 0 fully saturated rings. The van der Waals surface area contributed by atoms with Gasteiger partial charge < -0.3 is 10.1 Å². The van der Waals surface area contributed by atoms with E-state index in [0.717, 1.165) is 11.3 Å². The molecule has 0 aliphatic carbocycles. The van der Waals surface area contributed by atoms with Crippen LogP contribution in [0.3, 0.4) is 0 Å². The number of para-hydroxylation sites is 1. The standard InChI is InChI=1S/C18H26N4O2/c1-13(14(2)22-12-19-11-20-22)21-17(23)10-24-16-9-7-6-8-15(16)18(3,4)5/h6-9,11-14H,10H2,1-5H3,(H,21,23)/t13-,14-/m0/s1. The number of hydrogen-bond donors (Lipinski definition) is 1. The highest BCUT2D eigenvalue weighted by atomic mass is 16.5. The second kappa shape index (κ2) is 7.47. The zero-order chi connectivity index (χ0) is 17.7. The van der Waals surface area contributed by atoms with Crippen LogP contribution >= 0.6 is 0 Å². The second-order valence-electron chi connectivity index (χ2n) is 7.01. The Morgan fingerprint density at radius 3 is 2.62 bits per heavy atom. The Morgan fingerprint density at radius 2 is 2.00 bits per heavy atom. The van der Waals surface area contributed by atoms with Crippen LogP contribution in [0.15, 0.2) is 36.9 Å². The molecule has 24 heavy (non-hydrogen) atoms. The maximum absolute atomic E-state index is 12.2. The van der Waals surface area contributed by atoms with Gasteiger partial charge in [0.2, 0.25) is 0 Å². The van der Waals surface area contributed by atoms with Crippen molar-refractivity contribution in [2.24, 2.45) is 0 Å². The molecule has 1 amide bonds. The number of carbonyl (C=O) groups excluding carboxylic acids is 1. The summed E-state index contributed by atoms with van der Waals surface area (Å²) in [7, 11) is 0.